The van der Waals surface area contributed by atoms with Crippen molar-refractivity contribution in [3.8, 4) is 0 Å². The number of hydrogen-bond donors (Lipinski definition) is 0. The highest BCUT2D eigenvalue weighted by Gasteiger charge is 2.39. The van der Waals surface area contributed by atoms with Gasteiger partial charge in [0.25, 0.3) is 5.91 Å². The van der Waals surface area contributed by atoms with Crippen molar-refractivity contribution in [1.82, 2.24) is 4.98 Å². The summed E-state index contributed by atoms with van der Waals surface area (Å²) in [6, 6.07) is 24.2. The summed E-state index contributed by atoms with van der Waals surface area (Å²) in [7, 11) is 0. The van der Waals surface area contributed by atoms with Crippen LogP contribution in [0.3, 0.4) is 0 Å². The maximum atomic E-state index is 13.8. The van der Waals surface area contributed by atoms with Crippen LogP contribution < -0.4 is 4.90 Å². The van der Waals surface area contributed by atoms with Crippen LogP contribution in [-0.2, 0) is 0 Å². The number of pyridine rings is 1. The first-order valence-electron chi connectivity index (χ1n) is 10.5. The summed E-state index contributed by atoms with van der Waals surface area (Å²) in [6.07, 6.45) is 1.76. The number of benzene rings is 3. The molecule has 6 rings (SSSR count). The van der Waals surface area contributed by atoms with Crippen LogP contribution in [0.4, 0.5) is 11.4 Å². The molecule has 0 atom stereocenters. The molecule has 32 heavy (non-hydrogen) atoms. The molecule has 3 heterocycles. The Morgan fingerprint density at radius 2 is 1.62 bits per heavy atom. The van der Waals surface area contributed by atoms with Gasteiger partial charge in [0.05, 0.1) is 16.9 Å². The zero-order chi connectivity index (χ0) is 21.8. The van der Waals surface area contributed by atoms with Crippen molar-refractivity contribution in [2.24, 2.45) is 4.99 Å². The lowest BCUT2D eigenvalue weighted by Gasteiger charge is -2.20. The van der Waals surface area contributed by atoms with Gasteiger partial charge in [-0.2, -0.15) is 0 Å². The molecular weight excluding hydrogens is 414 g/mol. The molecule has 1 aliphatic heterocycles. The monoisotopic (exact) mass is 433 g/mol. The minimum atomic E-state index is -0.0515. The average Bonchev–Trinajstić information content (AvgIpc) is 3.31. The molecule has 0 radical (unpaired) electrons. The molecule has 0 bridgehead atoms. The number of fused-ring (bicyclic) bond motifs is 4. The fourth-order valence-electron chi connectivity index (χ4n) is 4.41. The Morgan fingerprint density at radius 1 is 0.875 bits per heavy atom. The zero-order valence-corrected chi connectivity index (χ0v) is 18.5. The van der Waals surface area contributed by atoms with Gasteiger partial charge in [0, 0.05) is 27.2 Å². The van der Waals surface area contributed by atoms with Crippen LogP contribution in [-0.4, -0.2) is 16.7 Å². The number of carbonyl (C=O) groups is 1. The molecule has 4 nitrogen and oxygen atoms in total. The van der Waals surface area contributed by atoms with E-state index in [0.29, 0.717) is 5.84 Å². The second-order valence-electron chi connectivity index (χ2n) is 7.97. The van der Waals surface area contributed by atoms with Crippen LogP contribution in [0.1, 0.15) is 26.4 Å². The number of nitrogens with zero attached hydrogens (tertiary/aromatic N) is 3. The van der Waals surface area contributed by atoms with E-state index in [-0.39, 0.29) is 5.91 Å². The van der Waals surface area contributed by atoms with Crippen LogP contribution in [0.25, 0.3) is 21.0 Å². The van der Waals surface area contributed by atoms with E-state index in [1.807, 2.05) is 48.5 Å². The number of carbonyl (C=O) groups excluding carboxylic acids is 1. The van der Waals surface area contributed by atoms with Gasteiger partial charge in [0.15, 0.2) is 0 Å². The molecule has 0 saturated heterocycles. The number of amidine groups is 1. The second-order valence-corrected chi connectivity index (χ2v) is 9.02. The van der Waals surface area contributed by atoms with Crippen LogP contribution in [0.15, 0.2) is 84.0 Å². The molecule has 0 unspecified atom stereocenters. The van der Waals surface area contributed by atoms with E-state index >= 15 is 0 Å². The Hall–Kier alpha value is -3.83. The predicted octanol–water partition coefficient (Wildman–Crippen LogP) is 6.81. The number of anilines is 1. The molecule has 1 aliphatic rings. The number of thiophene rings is 1. The molecule has 0 fully saturated rings. The lowest BCUT2D eigenvalue weighted by molar-refractivity contribution is 0.101. The predicted molar refractivity (Wildman–Crippen MR) is 132 cm³/mol. The van der Waals surface area contributed by atoms with Crippen molar-refractivity contribution in [3.63, 3.8) is 0 Å². The van der Waals surface area contributed by atoms with Gasteiger partial charge in [-0.25, -0.2) is 4.99 Å². The van der Waals surface area contributed by atoms with Crippen molar-refractivity contribution in [2.45, 2.75) is 13.8 Å². The highest BCUT2D eigenvalue weighted by atomic mass is 32.1. The fraction of sp³-hybridized carbons (Fsp3) is 0.0741. The van der Waals surface area contributed by atoms with Gasteiger partial charge in [-0.3, -0.25) is 14.7 Å². The molecule has 154 valence electrons. The lowest BCUT2D eigenvalue weighted by atomic mass is 10.1. The van der Waals surface area contributed by atoms with Crippen molar-refractivity contribution in [1.29, 1.82) is 0 Å². The van der Waals surface area contributed by atoms with Crippen LogP contribution >= 0.6 is 11.3 Å². The van der Waals surface area contributed by atoms with E-state index in [9.17, 15) is 4.79 Å². The summed E-state index contributed by atoms with van der Waals surface area (Å²) in [5, 5.41) is 2.05. The average molecular weight is 434 g/mol. The third-order valence-corrected chi connectivity index (χ3v) is 7.10. The van der Waals surface area contributed by atoms with Crippen molar-refractivity contribution in [2.75, 3.05) is 4.90 Å². The Morgan fingerprint density at radius 3 is 2.47 bits per heavy atom. The Balaban J connectivity index is 1.68. The van der Waals surface area contributed by atoms with E-state index in [1.54, 1.807) is 11.1 Å². The molecular formula is C27H19N3OS. The normalized spacial score (nSPS) is 14.6. The molecule has 2 aromatic heterocycles. The molecule has 5 aromatic rings. The highest BCUT2D eigenvalue weighted by molar-refractivity contribution is 7.22. The maximum Gasteiger partial charge on any atom is 0.274 e. The van der Waals surface area contributed by atoms with E-state index < -0.39 is 0 Å². The summed E-state index contributed by atoms with van der Waals surface area (Å²) in [4.78, 5) is 26.0. The number of aliphatic imine (C=N–C) groups is 1. The summed E-state index contributed by atoms with van der Waals surface area (Å²) >= 11 is 1.53. The Labute approximate surface area is 189 Å². The van der Waals surface area contributed by atoms with Gasteiger partial charge in [0.1, 0.15) is 10.7 Å². The number of rotatable bonds is 2. The van der Waals surface area contributed by atoms with Crippen molar-refractivity contribution < 1.29 is 4.79 Å². The first kappa shape index (κ1) is 18.9. The molecule has 5 heteroatoms. The van der Waals surface area contributed by atoms with E-state index in [2.05, 4.69) is 43.1 Å². The Bertz CT molecular complexity index is 1560. The van der Waals surface area contributed by atoms with Crippen LogP contribution in [0.5, 0.6) is 0 Å². The zero-order valence-electron chi connectivity index (χ0n) is 17.7. The van der Waals surface area contributed by atoms with Crippen LogP contribution in [0, 0.1) is 13.8 Å². The number of aryl methyl sites for hydroxylation is 2. The summed E-state index contributed by atoms with van der Waals surface area (Å²) < 4.78 is 1.09. The largest absolute Gasteiger partial charge is 0.274 e. The quantitative estimate of drug-likeness (QED) is 0.307. The van der Waals surface area contributed by atoms with Gasteiger partial charge < -0.3 is 0 Å². The molecule has 0 aliphatic carbocycles. The van der Waals surface area contributed by atoms with Gasteiger partial charge in [-0.15, -0.1) is 11.3 Å². The standard InChI is InChI=1S/C27H19N3OS/c1-16-8-5-9-17(2)23(16)29-26-22-19-12-3-4-14-21(19)32-25(22)27(31)30(26)20-13-6-10-18-11-7-15-28-24(18)20/h3-15H,1-2H3. The minimum Gasteiger partial charge on any atom is -0.267 e. The molecule has 1 amide bonds. The number of amides is 1. The molecule has 0 spiro atoms. The van der Waals surface area contributed by atoms with Crippen molar-refractivity contribution in [3.05, 3.63) is 101 Å². The third-order valence-electron chi connectivity index (χ3n) is 5.94. The van der Waals surface area contributed by atoms with Gasteiger partial charge >= 0.3 is 0 Å². The minimum absolute atomic E-state index is 0.0515. The number of hydrogen-bond acceptors (Lipinski definition) is 4. The first-order valence-corrected chi connectivity index (χ1v) is 11.3. The SMILES string of the molecule is Cc1cccc(C)c1N=C1c2c(sc3ccccc23)C(=O)N1c1cccc2cccnc12. The molecule has 3 aromatic carbocycles. The van der Waals surface area contributed by atoms with Gasteiger partial charge in [-0.1, -0.05) is 54.6 Å². The molecule has 0 N–H and O–H groups in total. The smallest absolute Gasteiger partial charge is 0.267 e. The van der Waals surface area contributed by atoms with Crippen LogP contribution in [0.2, 0.25) is 0 Å². The topological polar surface area (TPSA) is 45.6 Å². The fourth-order valence-corrected chi connectivity index (χ4v) is 5.54. The number of aromatic nitrogens is 1. The van der Waals surface area contributed by atoms with Gasteiger partial charge in [-0.05, 0) is 43.2 Å². The Kier molecular flexibility index (Phi) is 4.20. The van der Waals surface area contributed by atoms with Crippen molar-refractivity contribution >= 4 is 55.4 Å². The molecule has 0 saturated carbocycles. The first-order chi connectivity index (χ1) is 15.6. The maximum absolute atomic E-state index is 13.8. The summed E-state index contributed by atoms with van der Waals surface area (Å²) in [5.41, 5.74) is 5.51. The summed E-state index contributed by atoms with van der Waals surface area (Å²) in [6.45, 7) is 4.11. The van der Waals surface area contributed by atoms with E-state index in [1.165, 1.54) is 11.3 Å². The summed E-state index contributed by atoms with van der Waals surface area (Å²) in [5.74, 6) is 0.613. The van der Waals surface area contributed by atoms with E-state index in [4.69, 9.17) is 4.99 Å². The highest BCUT2D eigenvalue weighted by Crippen LogP contribution is 2.42. The lowest BCUT2D eigenvalue weighted by Crippen LogP contribution is -2.30. The third kappa shape index (κ3) is 2.71. The van der Waals surface area contributed by atoms with Gasteiger partial charge in [0.2, 0.25) is 0 Å². The second kappa shape index (κ2) is 7.11. The van der Waals surface area contributed by atoms with E-state index in [0.717, 1.165) is 53.9 Å². The number of para-hydroxylation sites is 2.